The van der Waals surface area contributed by atoms with Crippen LogP contribution in [0.2, 0.25) is 0 Å². The minimum Gasteiger partial charge on any atom is -0.396 e. The average Bonchev–Trinajstić information content (AvgIpc) is 2.07. The zero-order valence-electron chi connectivity index (χ0n) is 6.60. The first-order chi connectivity index (χ1) is 5.74. The highest BCUT2D eigenvalue weighted by Gasteiger charge is 1.95. The molecule has 0 aromatic carbocycles. The third-order valence-electron chi connectivity index (χ3n) is 1.45. The van der Waals surface area contributed by atoms with Gasteiger partial charge in [0.25, 0.3) is 5.56 Å². The van der Waals surface area contributed by atoms with Crippen LogP contribution in [0.15, 0.2) is 17.3 Å². The lowest BCUT2D eigenvalue weighted by Crippen LogP contribution is -2.15. The van der Waals surface area contributed by atoms with Crippen molar-refractivity contribution in [3.8, 4) is 0 Å². The SMILES string of the molecule is Nc1cn(CCCO)cnc1=O. The summed E-state index contributed by atoms with van der Waals surface area (Å²) in [6.45, 7) is 0.736. The molecule has 0 amide bonds. The molecule has 1 rings (SSSR count). The number of aliphatic hydroxyl groups is 1. The predicted octanol–water partition coefficient (Wildman–Crippen LogP) is -0.792. The van der Waals surface area contributed by atoms with Crippen molar-refractivity contribution >= 4 is 5.69 Å². The second-order valence-electron chi connectivity index (χ2n) is 2.45. The summed E-state index contributed by atoms with van der Waals surface area (Å²) in [5.41, 5.74) is 5.06. The second kappa shape index (κ2) is 3.87. The van der Waals surface area contributed by atoms with Crippen molar-refractivity contribution in [3.63, 3.8) is 0 Å². The summed E-state index contributed by atoms with van der Waals surface area (Å²) in [7, 11) is 0. The molecule has 0 unspecified atom stereocenters. The number of aliphatic hydroxyl groups excluding tert-OH is 1. The maximum absolute atomic E-state index is 10.7. The molecule has 1 aromatic heterocycles. The number of hydrogen-bond donors (Lipinski definition) is 2. The highest BCUT2D eigenvalue weighted by atomic mass is 16.3. The summed E-state index contributed by atoms with van der Waals surface area (Å²) < 4.78 is 1.67. The van der Waals surface area contributed by atoms with E-state index < -0.39 is 5.56 Å². The third kappa shape index (κ3) is 2.06. The maximum atomic E-state index is 10.7. The fourth-order valence-corrected chi connectivity index (χ4v) is 0.844. The molecular weight excluding hydrogens is 158 g/mol. The first kappa shape index (κ1) is 8.73. The van der Waals surface area contributed by atoms with Crippen molar-refractivity contribution in [2.45, 2.75) is 13.0 Å². The van der Waals surface area contributed by atoms with Crippen molar-refractivity contribution in [2.75, 3.05) is 12.3 Å². The Labute approximate surface area is 69.5 Å². The molecule has 0 saturated heterocycles. The Hall–Kier alpha value is -1.36. The molecule has 0 fully saturated rings. The van der Waals surface area contributed by atoms with Gasteiger partial charge in [-0.15, -0.1) is 0 Å². The summed E-state index contributed by atoms with van der Waals surface area (Å²) in [5.74, 6) is 0. The van der Waals surface area contributed by atoms with Gasteiger partial charge in [0.2, 0.25) is 0 Å². The Morgan fingerprint density at radius 2 is 2.42 bits per heavy atom. The largest absolute Gasteiger partial charge is 0.396 e. The second-order valence-corrected chi connectivity index (χ2v) is 2.45. The van der Waals surface area contributed by atoms with E-state index in [2.05, 4.69) is 4.98 Å². The lowest BCUT2D eigenvalue weighted by molar-refractivity contribution is 0.279. The standard InChI is InChI=1S/C7H11N3O2/c8-6-4-10(2-1-3-11)5-9-7(6)12/h4-5,11H,1-3,8H2. The molecule has 0 aliphatic heterocycles. The van der Waals surface area contributed by atoms with Crippen molar-refractivity contribution in [3.05, 3.63) is 22.9 Å². The van der Waals surface area contributed by atoms with Crippen LogP contribution in [0.4, 0.5) is 5.69 Å². The van der Waals surface area contributed by atoms with E-state index in [1.54, 1.807) is 4.57 Å². The summed E-state index contributed by atoms with van der Waals surface area (Å²) in [6, 6.07) is 0. The van der Waals surface area contributed by atoms with Gasteiger partial charge >= 0.3 is 0 Å². The number of nitrogen functional groups attached to an aromatic ring is 1. The van der Waals surface area contributed by atoms with E-state index in [9.17, 15) is 4.79 Å². The monoisotopic (exact) mass is 169 g/mol. The third-order valence-corrected chi connectivity index (χ3v) is 1.45. The van der Waals surface area contributed by atoms with Gasteiger partial charge in [-0.1, -0.05) is 0 Å². The van der Waals surface area contributed by atoms with Gasteiger partial charge in [-0.2, -0.15) is 4.98 Å². The molecule has 3 N–H and O–H groups in total. The van der Waals surface area contributed by atoms with Crippen LogP contribution in [0.3, 0.4) is 0 Å². The first-order valence-electron chi connectivity index (χ1n) is 3.66. The summed E-state index contributed by atoms with van der Waals surface area (Å²) >= 11 is 0. The Morgan fingerprint density at radius 3 is 3.00 bits per heavy atom. The van der Waals surface area contributed by atoms with Gasteiger partial charge < -0.3 is 15.4 Å². The number of rotatable bonds is 3. The summed E-state index contributed by atoms with van der Waals surface area (Å²) in [6.07, 6.45) is 3.56. The molecule has 66 valence electrons. The normalized spacial score (nSPS) is 10.1. The van der Waals surface area contributed by atoms with Crippen LogP contribution in [0.25, 0.3) is 0 Å². The molecule has 5 nitrogen and oxygen atoms in total. The first-order valence-corrected chi connectivity index (χ1v) is 3.66. The smallest absolute Gasteiger partial charge is 0.295 e. The van der Waals surface area contributed by atoms with Crippen molar-refractivity contribution in [1.82, 2.24) is 9.55 Å². The van der Waals surface area contributed by atoms with Crippen LogP contribution in [-0.4, -0.2) is 21.3 Å². The predicted molar refractivity (Wildman–Crippen MR) is 44.6 cm³/mol. The Balaban J connectivity index is 2.75. The van der Waals surface area contributed by atoms with E-state index >= 15 is 0 Å². The minimum atomic E-state index is -0.407. The quantitative estimate of drug-likeness (QED) is 0.621. The van der Waals surface area contributed by atoms with Gasteiger partial charge in [0.1, 0.15) is 5.69 Å². The van der Waals surface area contributed by atoms with Crippen LogP contribution in [0, 0.1) is 0 Å². The zero-order valence-corrected chi connectivity index (χ0v) is 6.60. The van der Waals surface area contributed by atoms with Crippen LogP contribution in [0.5, 0.6) is 0 Å². The van der Waals surface area contributed by atoms with Crippen molar-refractivity contribution in [2.24, 2.45) is 0 Å². The van der Waals surface area contributed by atoms with E-state index in [1.165, 1.54) is 12.5 Å². The molecular formula is C7H11N3O2. The zero-order chi connectivity index (χ0) is 8.97. The molecule has 1 heterocycles. The molecule has 5 heteroatoms. The van der Waals surface area contributed by atoms with Crippen LogP contribution in [0.1, 0.15) is 6.42 Å². The van der Waals surface area contributed by atoms with Crippen molar-refractivity contribution in [1.29, 1.82) is 0 Å². The molecule has 0 saturated carbocycles. The highest BCUT2D eigenvalue weighted by Crippen LogP contribution is 1.92. The topological polar surface area (TPSA) is 81.1 Å². The van der Waals surface area contributed by atoms with E-state index in [-0.39, 0.29) is 12.3 Å². The van der Waals surface area contributed by atoms with Gasteiger partial charge in [-0.25, -0.2) is 0 Å². The molecule has 0 aliphatic rings. The lowest BCUT2D eigenvalue weighted by atomic mass is 10.4. The van der Waals surface area contributed by atoms with E-state index in [0.29, 0.717) is 13.0 Å². The summed E-state index contributed by atoms with van der Waals surface area (Å²) in [4.78, 5) is 14.3. The fourth-order valence-electron chi connectivity index (χ4n) is 0.844. The number of anilines is 1. The number of nitrogens with zero attached hydrogens (tertiary/aromatic N) is 2. The number of aryl methyl sites for hydroxylation is 1. The molecule has 12 heavy (non-hydrogen) atoms. The van der Waals surface area contributed by atoms with Gasteiger partial charge in [0.15, 0.2) is 0 Å². The average molecular weight is 169 g/mol. The van der Waals surface area contributed by atoms with Crippen LogP contribution < -0.4 is 11.3 Å². The van der Waals surface area contributed by atoms with Crippen LogP contribution in [-0.2, 0) is 6.54 Å². The maximum Gasteiger partial charge on any atom is 0.295 e. The minimum absolute atomic E-state index is 0.117. The molecule has 0 radical (unpaired) electrons. The number of hydrogen-bond acceptors (Lipinski definition) is 4. The van der Waals surface area contributed by atoms with Gasteiger partial charge in [-0.3, -0.25) is 4.79 Å². The van der Waals surface area contributed by atoms with E-state index in [0.717, 1.165) is 0 Å². The molecule has 0 bridgehead atoms. The van der Waals surface area contributed by atoms with Crippen LogP contribution >= 0.6 is 0 Å². The summed E-state index contributed by atoms with van der Waals surface area (Å²) in [5, 5.41) is 8.52. The fraction of sp³-hybridized carbons (Fsp3) is 0.429. The van der Waals surface area contributed by atoms with Gasteiger partial charge in [0.05, 0.1) is 6.33 Å². The van der Waals surface area contributed by atoms with Gasteiger partial charge in [0, 0.05) is 19.3 Å². The number of aromatic nitrogens is 2. The van der Waals surface area contributed by atoms with Gasteiger partial charge in [-0.05, 0) is 6.42 Å². The highest BCUT2D eigenvalue weighted by molar-refractivity contribution is 5.29. The Morgan fingerprint density at radius 1 is 1.67 bits per heavy atom. The van der Waals surface area contributed by atoms with E-state index in [1.807, 2.05) is 0 Å². The lowest BCUT2D eigenvalue weighted by Gasteiger charge is -2.03. The molecule has 0 spiro atoms. The van der Waals surface area contributed by atoms with E-state index in [4.69, 9.17) is 10.8 Å². The molecule has 0 atom stereocenters. The number of nitrogens with two attached hydrogens (primary N) is 1. The Kier molecular flexibility index (Phi) is 2.82. The Bertz CT molecular complexity index is 308. The van der Waals surface area contributed by atoms with Crippen molar-refractivity contribution < 1.29 is 5.11 Å². The molecule has 0 aliphatic carbocycles. The molecule has 1 aromatic rings.